The highest BCUT2D eigenvalue weighted by Gasteiger charge is 2.27. The Morgan fingerprint density at radius 2 is 1.68 bits per heavy atom. The van der Waals surface area contributed by atoms with Crippen molar-refractivity contribution in [2.24, 2.45) is 5.92 Å². The van der Waals surface area contributed by atoms with Gasteiger partial charge >= 0.3 is 6.09 Å². The lowest BCUT2D eigenvalue weighted by atomic mass is 10.0. The summed E-state index contributed by atoms with van der Waals surface area (Å²) in [7, 11) is 2.86. The van der Waals surface area contributed by atoms with Crippen molar-refractivity contribution < 1.29 is 24.0 Å². The summed E-state index contributed by atoms with van der Waals surface area (Å²) >= 11 is 0. The van der Waals surface area contributed by atoms with E-state index >= 15 is 0 Å². The first-order valence-corrected chi connectivity index (χ1v) is 8.24. The Balaban J connectivity index is 4.67. The van der Waals surface area contributed by atoms with Crippen LogP contribution in [0.5, 0.6) is 0 Å². The maximum absolute atomic E-state index is 12.3. The summed E-state index contributed by atoms with van der Waals surface area (Å²) < 4.78 is 5.06. The van der Waals surface area contributed by atoms with E-state index in [-0.39, 0.29) is 11.8 Å². The van der Waals surface area contributed by atoms with E-state index in [0.717, 1.165) is 5.06 Å². The Kier molecular flexibility index (Phi) is 9.43. The SMILES string of the molecule is CON(C)C(=O)[C@H](CC(C)C)NC(=O)[C@H](C)NNC(=O)OC(C)(C)C. The number of amides is 3. The van der Waals surface area contributed by atoms with Gasteiger partial charge in [-0.05, 0) is 40.0 Å². The molecule has 0 radical (unpaired) electrons. The van der Waals surface area contributed by atoms with Crippen LogP contribution >= 0.6 is 0 Å². The number of hydroxylamine groups is 2. The number of rotatable bonds is 8. The minimum Gasteiger partial charge on any atom is -0.443 e. The van der Waals surface area contributed by atoms with Crippen molar-refractivity contribution in [3.63, 3.8) is 0 Å². The van der Waals surface area contributed by atoms with Gasteiger partial charge in [-0.1, -0.05) is 13.8 Å². The molecule has 0 saturated carbocycles. The second-order valence-corrected chi connectivity index (χ2v) is 7.20. The largest absolute Gasteiger partial charge is 0.443 e. The third-order valence-electron chi connectivity index (χ3n) is 3.09. The average molecular weight is 360 g/mol. The summed E-state index contributed by atoms with van der Waals surface area (Å²) in [6, 6.07) is -1.48. The number of nitrogens with zero attached hydrogens (tertiary/aromatic N) is 1. The summed E-state index contributed by atoms with van der Waals surface area (Å²) in [6.45, 7) is 10.7. The highest BCUT2D eigenvalue weighted by atomic mass is 16.7. The van der Waals surface area contributed by atoms with E-state index in [1.807, 2.05) is 13.8 Å². The second kappa shape index (κ2) is 10.2. The van der Waals surface area contributed by atoms with E-state index in [1.54, 1.807) is 27.7 Å². The molecule has 25 heavy (non-hydrogen) atoms. The molecule has 3 amide bonds. The normalized spacial score (nSPS) is 13.8. The lowest BCUT2D eigenvalue weighted by Gasteiger charge is -2.26. The highest BCUT2D eigenvalue weighted by molar-refractivity contribution is 5.89. The molecule has 146 valence electrons. The van der Waals surface area contributed by atoms with Gasteiger partial charge in [-0.25, -0.2) is 15.3 Å². The minimum atomic E-state index is -0.761. The molecule has 0 fully saturated rings. The number of likely N-dealkylation sites (N-methyl/N-ethyl adjacent to an activating group) is 1. The first-order valence-electron chi connectivity index (χ1n) is 8.24. The van der Waals surface area contributed by atoms with Crippen molar-refractivity contribution in [3.8, 4) is 0 Å². The number of carbonyl (C=O) groups is 3. The van der Waals surface area contributed by atoms with Crippen LogP contribution in [0.25, 0.3) is 0 Å². The van der Waals surface area contributed by atoms with E-state index in [1.165, 1.54) is 14.2 Å². The van der Waals surface area contributed by atoms with Crippen molar-refractivity contribution in [1.29, 1.82) is 0 Å². The number of ether oxygens (including phenoxy) is 1. The monoisotopic (exact) mass is 360 g/mol. The summed E-state index contributed by atoms with van der Waals surface area (Å²) in [5.74, 6) is -0.584. The number of hydrazine groups is 1. The van der Waals surface area contributed by atoms with Gasteiger partial charge in [0, 0.05) is 7.05 Å². The number of nitrogens with one attached hydrogen (secondary N) is 3. The molecule has 0 aliphatic heterocycles. The van der Waals surface area contributed by atoms with Gasteiger partial charge in [-0.2, -0.15) is 0 Å². The van der Waals surface area contributed by atoms with E-state index in [9.17, 15) is 14.4 Å². The summed E-state index contributed by atoms with van der Waals surface area (Å²) in [4.78, 5) is 41.0. The minimum absolute atomic E-state index is 0.197. The Hall–Kier alpha value is -1.87. The van der Waals surface area contributed by atoms with Crippen molar-refractivity contribution in [3.05, 3.63) is 0 Å². The molecule has 0 bridgehead atoms. The van der Waals surface area contributed by atoms with Gasteiger partial charge in [0.2, 0.25) is 5.91 Å². The van der Waals surface area contributed by atoms with Crippen LogP contribution in [-0.2, 0) is 19.2 Å². The molecule has 2 atom stereocenters. The lowest BCUT2D eigenvalue weighted by molar-refractivity contribution is -0.172. The smallest absolute Gasteiger partial charge is 0.422 e. The zero-order valence-corrected chi connectivity index (χ0v) is 16.4. The summed E-state index contributed by atoms with van der Waals surface area (Å²) in [6.07, 6.45) is -0.231. The number of hydrogen-bond acceptors (Lipinski definition) is 6. The average Bonchev–Trinajstić information content (AvgIpc) is 2.48. The fraction of sp³-hybridized carbons (Fsp3) is 0.812. The Bertz CT molecular complexity index is 462. The van der Waals surface area contributed by atoms with Crippen molar-refractivity contribution in [2.75, 3.05) is 14.2 Å². The van der Waals surface area contributed by atoms with Crippen LogP contribution in [0.2, 0.25) is 0 Å². The van der Waals surface area contributed by atoms with E-state index in [4.69, 9.17) is 9.57 Å². The highest BCUT2D eigenvalue weighted by Crippen LogP contribution is 2.08. The molecule has 0 aromatic heterocycles. The summed E-state index contributed by atoms with van der Waals surface area (Å²) in [5.41, 5.74) is 4.22. The molecule has 0 aliphatic rings. The van der Waals surface area contributed by atoms with Gasteiger partial charge in [0.25, 0.3) is 5.91 Å². The standard InChI is InChI=1S/C16H32N4O5/c1-10(2)9-12(14(22)20(7)24-8)17-13(21)11(3)18-19-15(23)25-16(4,5)6/h10-12,18H,9H2,1-8H3,(H,17,21)(H,19,23)/t11-,12-/m0/s1. The van der Waals surface area contributed by atoms with Crippen LogP contribution in [0, 0.1) is 5.92 Å². The maximum Gasteiger partial charge on any atom is 0.422 e. The molecule has 0 saturated heterocycles. The molecule has 0 rings (SSSR count). The maximum atomic E-state index is 12.3. The summed E-state index contributed by atoms with van der Waals surface area (Å²) in [5, 5.41) is 3.74. The van der Waals surface area contributed by atoms with Gasteiger partial charge < -0.3 is 10.1 Å². The Morgan fingerprint density at radius 1 is 1.12 bits per heavy atom. The third-order valence-corrected chi connectivity index (χ3v) is 3.09. The lowest BCUT2D eigenvalue weighted by Crippen LogP contribution is -2.55. The number of carbonyl (C=O) groups excluding carboxylic acids is 3. The van der Waals surface area contributed by atoms with Crippen LogP contribution in [-0.4, -0.2) is 54.8 Å². The van der Waals surface area contributed by atoms with Crippen molar-refractivity contribution in [1.82, 2.24) is 21.2 Å². The molecule has 9 nitrogen and oxygen atoms in total. The van der Waals surface area contributed by atoms with Gasteiger partial charge in [-0.15, -0.1) is 0 Å². The fourth-order valence-electron chi connectivity index (χ4n) is 1.84. The Labute approximate surface area is 149 Å². The third kappa shape index (κ3) is 9.88. The molecule has 0 aliphatic carbocycles. The van der Waals surface area contributed by atoms with Gasteiger partial charge in [0.15, 0.2) is 0 Å². The van der Waals surface area contributed by atoms with Gasteiger partial charge in [0.1, 0.15) is 17.7 Å². The zero-order chi connectivity index (χ0) is 19.8. The molecule has 0 aromatic rings. The fourth-order valence-corrected chi connectivity index (χ4v) is 1.84. The van der Waals surface area contributed by atoms with E-state index < -0.39 is 29.7 Å². The van der Waals surface area contributed by atoms with Crippen molar-refractivity contribution >= 4 is 17.9 Å². The van der Waals surface area contributed by atoms with Gasteiger partial charge in [0.05, 0.1) is 7.11 Å². The molecular formula is C16H32N4O5. The predicted octanol–water partition coefficient (Wildman–Crippen LogP) is 0.955. The van der Waals surface area contributed by atoms with Crippen LogP contribution < -0.4 is 16.2 Å². The van der Waals surface area contributed by atoms with Crippen LogP contribution in [0.3, 0.4) is 0 Å². The van der Waals surface area contributed by atoms with Crippen molar-refractivity contribution in [2.45, 2.75) is 65.6 Å². The first kappa shape index (κ1) is 23.1. The van der Waals surface area contributed by atoms with Crippen LogP contribution in [0.1, 0.15) is 48.0 Å². The molecule has 0 unspecified atom stereocenters. The molecular weight excluding hydrogens is 328 g/mol. The second-order valence-electron chi connectivity index (χ2n) is 7.20. The van der Waals surface area contributed by atoms with Crippen LogP contribution in [0.15, 0.2) is 0 Å². The Morgan fingerprint density at radius 3 is 2.12 bits per heavy atom. The first-order chi connectivity index (χ1) is 11.4. The topological polar surface area (TPSA) is 109 Å². The van der Waals surface area contributed by atoms with Gasteiger partial charge in [-0.3, -0.25) is 19.9 Å². The predicted molar refractivity (Wildman–Crippen MR) is 93.1 cm³/mol. The molecule has 0 aromatic carbocycles. The van der Waals surface area contributed by atoms with Crippen LogP contribution in [0.4, 0.5) is 4.79 Å². The number of hydrogen-bond donors (Lipinski definition) is 3. The molecule has 9 heteroatoms. The quantitative estimate of drug-likeness (QED) is 0.556. The molecule has 0 heterocycles. The zero-order valence-electron chi connectivity index (χ0n) is 16.4. The van der Waals surface area contributed by atoms with E-state index in [0.29, 0.717) is 6.42 Å². The molecule has 0 spiro atoms. The molecule has 3 N–H and O–H groups in total. The van der Waals surface area contributed by atoms with E-state index in [2.05, 4.69) is 16.2 Å².